The minimum Gasteiger partial charge on any atom is -0.341 e. The maximum Gasteiger partial charge on any atom is 0.416 e. The highest BCUT2D eigenvalue weighted by molar-refractivity contribution is 5.93. The van der Waals surface area contributed by atoms with Crippen LogP contribution in [0.4, 0.5) is 13.2 Å². The molecule has 90 valence electrons. The minimum atomic E-state index is -4.34. The van der Waals surface area contributed by atoms with Gasteiger partial charge in [-0.1, -0.05) is 18.1 Å². The number of hydrogen-bond acceptors (Lipinski definition) is 1. The normalized spacial score (nSPS) is 10.4. The number of alkyl halides is 3. The molecule has 1 aromatic rings. The zero-order chi connectivity index (χ0) is 12.9. The number of nitrogens with one attached hydrogen (secondary N) is 1. The first-order valence-corrected chi connectivity index (χ1v) is 4.80. The first-order chi connectivity index (χ1) is 7.93. The molecule has 0 heterocycles. The van der Waals surface area contributed by atoms with E-state index in [0.29, 0.717) is 5.56 Å². The van der Waals surface area contributed by atoms with Crippen molar-refractivity contribution in [1.29, 1.82) is 0 Å². The standard InChI is InChI=1S/C12H10F3NO/c1-2-3-11(17)16-8-9-4-6-10(7-5-9)12(13,14)15/h4-7H,8H2,1H3,(H,16,17). The third kappa shape index (κ3) is 4.19. The van der Waals surface area contributed by atoms with Crippen molar-refractivity contribution in [3.05, 3.63) is 35.4 Å². The van der Waals surface area contributed by atoms with E-state index in [4.69, 9.17) is 0 Å². The fourth-order valence-corrected chi connectivity index (χ4v) is 1.15. The second-order valence-corrected chi connectivity index (χ2v) is 3.25. The van der Waals surface area contributed by atoms with Gasteiger partial charge < -0.3 is 5.32 Å². The highest BCUT2D eigenvalue weighted by Gasteiger charge is 2.29. The zero-order valence-electron chi connectivity index (χ0n) is 9.06. The molecule has 0 spiro atoms. The number of halogens is 3. The zero-order valence-corrected chi connectivity index (χ0v) is 9.06. The molecule has 0 saturated carbocycles. The first kappa shape index (κ1) is 13.1. The molecular formula is C12H10F3NO. The largest absolute Gasteiger partial charge is 0.416 e. The molecule has 0 aliphatic heterocycles. The summed E-state index contributed by atoms with van der Waals surface area (Å²) >= 11 is 0. The van der Waals surface area contributed by atoms with E-state index in [0.717, 1.165) is 12.1 Å². The first-order valence-electron chi connectivity index (χ1n) is 4.80. The van der Waals surface area contributed by atoms with Crippen LogP contribution >= 0.6 is 0 Å². The lowest BCUT2D eigenvalue weighted by atomic mass is 10.1. The summed E-state index contributed by atoms with van der Waals surface area (Å²) in [4.78, 5) is 11.0. The Morgan fingerprint density at radius 2 is 1.88 bits per heavy atom. The second kappa shape index (κ2) is 5.39. The monoisotopic (exact) mass is 241 g/mol. The summed E-state index contributed by atoms with van der Waals surface area (Å²) < 4.78 is 36.7. The van der Waals surface area contributed by atoms with E-state index in [1.54, 1.807) is 0 Å². The summed E-state index contributed by atoms with van der Waals surface area (Å²) in [6.45, 7) is 1.68. The van der Waals surface area contributed by atoms with Crippen LogP contribution in [0.15, 0.2) is 24.3 Å². The van der Waals surface area contributed by atoms with Crippen LogP contribution in [-0.2, 0) is 17.5 Å². The SMILES string of the molecule is CC#CC(=O)NCc1ccc(C(F)(F)F)cc1. The van der Waals surface area contributed by atoms with Crippen LogP contribution in [0.3, 0.4) is 0 Å². The van der Waals surface area contributed by atoms with Crippen molar-refractivity contribution in [1.82, 2.24) is 5.32 Å². The maximum absolute atomic E-state index is 12.2. The summed E-state index contributed by atoms with van der Waals surface area (Å²) in [6, 6.07) is 4.60. The quantitative estimate of drug-likeness (QED) is 0.791. The Morgan fingerprint density at radius 1 is 1.29 bits per heavy atom. The van der Waals surface area contributed by atoms with Gasteiger partial charge in [-0.3, -0.25) is 4.79 Å². The molecule has 0 aromatic heterocycles. The lowest BCUT2D eigenvalue weighted by Crippen LogP contribution is -2.20. The lowest BCUT2D eigenvalue weighted by molar-refractivity contribution is -0.137. The average molecular weight is 241 g/mol. The summed E-state index contributed by atoms with van der Waals surface area (Å²) in [7, 11) is 0. The number of carbonyl (C=O) groups excluding carboxylic acids is 1. The van der Waals surface area contributed by atoms with Gasteiger partial charge in [0.15, 0.2) is 0 Å². The van der Waals surface area contributed by atoms with Crippen LogP contribution in [0.2, 0.25) is 0 Å². The molecule has 1 amide bonds. The van der Waals surface area contributed by atoms with Crippen LogP contribution in [-0.4, -0.2) is 5.91 Å². The Morgan fingerprint density at radius 3 is 2.35 bits per heavy atom. The maximum atomic E-state index is 12.2. The van der Waals surface area contributed by atoms with Crippen molar-refractivity contribution in [3.8, 4) is 11.8 Å². The number of rotatable bonds is 2. The summed E-state index contributed by atoms with van der Waals surface area (Å²) in [5, 5.41) is 2.46. The summed E-state index contributed by atoms with van der Waals surface area (Å²) in [6.07, 6.45) is -4.34. The molecule has 0 atom stereocenters. The third-order valence-electron chi connectivity index (χ3n) is 1.97. The van der Waals surface area contributed by atoms with E-state index in [-0.39, 0.29) is 6.54 Å². The molecule has 0 aliphatic rings. The van der Waals surface area contributed by atoms with Gasteiger partial charge in [-0.15, -0.1) is 0 Å². The predicted octanol–water partition coefficient (Wildman–Crippen LogP) is 2.34. The van der Waals surface area contributed by atoms with E-state index in [2.05, 4.69) is 17.2 Å². The summed E-state index contributed by atoms with van der Waals surface area (Å²) in [5.74, 6) is 4.24. The fourth-order valence-electron chi connectivity index (χ4n) is 1.15. The molecule has 0 fully saturated rings. The van der Waals surface area contributed by atoms with Gasteiger partial charge in [0.25, 0.3) is 5.91 Å². The van der Waals surface area contributed by atoms with Gasteiger partial charge in [-0.2, -0.15) is 13.2 Å². The van der Waals surface area contributed by atoms with E-state index >= 15 is 0 Å². The molecule has 17 heavy (non-hydrogen) atoms. The highest BCUT2D eigenvalue weighted by atomic mass is 19.4. The van der Waals surface area contributed by atoms with Crippen molar-refractivity contribution < 1.29 is 18.0 Å². The molecule has 1 rings (SSSR count). The molecule has 0 radical (unpaired) electrons. The average Bonchev–Trinajstić information content (AvgIpc) is 2.26. The van der Waals surface area contributed by atoms with Crippen molar-refractivity contribution in [2.75, 3.05) is 0 Å². The lowest BCUT2D eigenvalue weighted by Gasteiger charge is -2.07. The molecule has 5 heteroatoms. The molecule has 2 nitrogen and oxygen atoms in total. The number of amides is 1. The Bertz CT molecular complexity index is 451. The number of hydrogen-bond donors (Lipinski definition) is 1. The summed E-state index contributed by atoms with van der Waals surface area (Å²) in [5.41, 5.74) is -0.120. The van der Waals surface area contributed by atoms with Crippen LogP contribution < -0.4 is 5.32 Å². The van der Waals surface area contributed by atoms with Crippen molar-refractivity contribution in [3.63, 3.8) is 0 Å². The van der Waals surface area contributed by atoms with Gasteiger partial charge in [0.05, 0.1) is 5.56 Å². The number of carbonyl (C=O) groups is 1. The minimum absolute atomic E-state index is 0.158. The van der Waals surface area contributed by atoms with Gasteiger partial charge >= 0.3 is 6.18 Å². The smallest absolute Gasteiger partial charge is 0.341 e. The molecule has 0 saturated heterocycles. The van der Waals surface area contributed by atoms with Crippen molar-refractivity contribution >= 4 is 5.91 Å². The van der Waals surface area contributed by atoms with E-state index in [9.17, 15) is 18.0 Å². The van der Waals surface area contributed by atoms with E-state index in [1.807, 2.05) is 0 Å². The molecule has 1 N–H and O–H groups in total. The van der Waals surface area contributed by atoms with Crippen LogP contribution in [0.25, 0.3) is 0 Å². The van der Waals surface area contributed by atoms with Gasteiger partial charge in [0.2, 0.25) is 0 Å². The molecule has 1 aromatic carbocycles. The van der Waals surface area contributed by atoms with E-state index in [1.165, 1.54) is 19.1 Å². The van der Waals surface area contributed by atoms with Gasteiger partial charge in [0.1, 0.15) is 0 Å². The molecular weight excluding hydrogens is 231 g/mol. The van der Waals surface area contributed by atoms with Gasteiger partial charge in [0, 0.05) is 6.54 Å². The Hall–Kier alpha value is -1.96. The highest BCUT2D eigenvalue weighted by Crippen LogP contribution is 2.28. The molecule has 0 bridgehead atoms. The van der Waals surface area contributed by atoms with Crippen LogP contribution in [0.5, 0.6) is 0 Å². The van der Waals surface area contributed by atoms with Crippen molar-refractivity contribution in [2.45, 2.75) is 19.6 Å². The Balaban J connectivity index is 2.62. The third-order valence-corrected chi connectivity index (χ3v) is 1.97. The molecule has 0 aliphatic carbocycles. The Labute approximate surface area is 96.8 Å². The van der Waals surface area contributed by atoms with E-state index < -0.39 is 17.6 Å². The van der Waals surface area contributed by atoms with Crippen molar-refractivity contribution in [2.24, 2.45) is 0 Å². The van der Waals surface area contributed by atoms with Crippen LogP contribution in [0.1, 0.15) is 18.1 Å². The van der Waals surface area contributed by atoms with Gasteiger partial charge in [-0.05, 0) is 30.5 Å². The topological polar surface area (TPSA) is 29.1 Å². The molecule has 0 unspecified atom stereocenters. The Kier molecular flexibility index (Phi) is 4.16. The predicted molar refractivity (Wildman–Crippen MR) is 56.7 cm³/mol. The second-order valence-electron chi connectivity index (χ2n) is 3.25. The number of benzene rings is 1. The van der Waals surface area contributed by atoms with Gasteiger partial charge in [-0.25, -0.2) is 0 Å². The fraction of sp³-hybridized carbons (Fsp3) is 0.250. The van der Waals surface area contributed by atoms with Crippen LogP contribution in [0, 0.1) is 11.8 Å².